The monoisotopic (exact) mass is 409 g/mol. The lowest BCUT2D eigenvalue weighted by atomic mass is 10.4. The number of rotatable bonds is 5. The van der Waals surface area contributed by atoms with Crippen LogP contribution in [0.4, 0.5) is 5.95 Å². The van der Waals surface area contributed by atoms with Gasteiger partial charge in [-0.25, -0.2) is 14.6 Å². The van der Waals surface area contributed by atoms with Gasteiger partial charge >= 0.3 is 11.7 Å². The Morgan fingerprint density at radius 1 is 1.27 bits per heavy atom. The van der Waals surface area contributed by atoms with E-state index in [2.05, 4.69) is 20.2 Å². The highest BCUT2D eigenvalue weighted by molar-refractivity contribution is 5.88. The Bertz CT molecular complexity index is 1470. The smallest absolute Gasteiger partial charge is 0.338 e. The third kappa shape index (κ3) is 2.56. The molecule has 0 radical (unpaired) electrons. The summed E-state index contributed by atoms with van der Waals surface area (Å²) >= 11 is 0. The normalized spacial score (nSPS) is 11.6. The number of aromatic carboxylic acids is 1. The molecule has 0 unspecified atom stereocenters. The summed E-state index contributed by atoms with van der Waals surface area (Å²) < 4.78 is 11.0. The predicted octanol–water partition coefficient (Wildman–Crippen LogP) is 0.215. The van der Waals surface area contributed by atoms with E-state index in [1.807, 2.05) is 0 Å². The highest BCUT2D eigenvalue weighted by atomic mass is 16.4. The van der Waals surface area contributed by atoms with E-state index < -0.39 is 5.97 Å². The van der Waals surface area contributed by atoms with Gasteiger partial charge in [-0.05, 0) is 12.1 Å². The lowest BCUT2D eigenvalue weighted by molar-refractivity contribution is 0.0696. The fraction of sp³-hybridized carbons (Fsp3) is 0.176. The van der Waals surface area contributed by atoms with Crippen molar-refractivity contribution < 1.29 is 14.3 Å². The molecule has 0 aromatic carbocycles. The van der Waals surface area contributed by atoms with Crippen molar-refractivity contribution in [2.75, 3.05) is 5.73 Å². The minimum absolute atomic E-state index is 0.0643. The molecule has 0 fully saturated rings. The molecule has 13 heteroatoms. The number of imidazole rings is 1. The maximum atomic E-state index is 12.9. The molecule has 5 aromatic heterocycles. The fourth-order valence-electron chi connectivity index (χ4n) is 3.30. The number of hydrogen-bond donors (Lipinski definition) is 2. The van der Waals surface area contributed by atoms with Crippen molar-refractivity contribution in [3.8, 4) is 11.6 Å². The highest BCUT2D eigenvalue weighted by Crippen LogP contribution is 2.23. The zero-order valence-corrected chi connectivity index (χ0v) is 15.6. The van der Waals surface area contributed by atoms with Crippen LogP contribution in [0, 0.1) is 0 Å². The Morgan fingerprint density at radius 2 is 2.10 bits per heavy atom. The van der Waals surface area contributed by atoms with Crippen LogP contribution in [-0.4, -0.2) is 49.6 Å². The van der Waals surface area contributed by atoms with Gasteiger partial charge < -0.3 is 15.3 Å². The summed E-state index contributed by atoms with van der Waals surface area (Å²) in [6.45, 7) is 0.474. The second-order valence-electron chi connectivity index (χ2n) is 6.58. The summed E-state index contributed by atoms with van der Waals surface area (Å²) in [6, 6.07) is 3.44. The number of fused-ring (bicyclic) bond motifs is 3. The van der Waals surface area contributed by atoms with E-state index in [1.54, 1.807) is 19.2 Å². The number of nitrogens with two attached hydrogens (primary N) is 1. The number of nitrogens with zero attached hydrogens (tertiary/aromatic N) is 8. The molecule has 0 aliphatic rings. The summed E-state index contributed by atoms with van der Waals surface area (Å²) in [4.78, 5) is 32.7. The van der Waals surface area contributed by atoms with E-state index in [4.69, 9.17) is 15.3 Å². The minimum atomic E-state index is -1.07. The Kier molecular flexibility index (Phi) is 3.71. The Labute approximate surface area is 166 Å². The zero-order valence-electron chi connectivity index (χ0n) is 15.6. The first-order valence-electron chi connectivity index (χ1n) is 8.85. The van der Waals surface area contributed by atoms with Gasteiger partial charge in [-0.3, -0.25) is 13.8 Å². The second-order valence-corrected chi connectivity index (χ2v) is 6.58. The first-order valence-corrected chi connectivity index (χ1v) is 8.85. The van der Waals surface area contributed by atoms with Crippen LogP contribution in [-0.2, 0) is 20.1 Å². The van der Waals surface area contributed by atoms with Gasteiger partial charge in [-0.2, -0.15) is 14.6 Å². The second kappa shape index (κ2) is 6.30. The Morgan fingerprint density at radius 3 is 2.80 bits per heavy atom. The molecule has 13 nitrogen and oxygen atoms in total. The lowest BCUT2D eigenvalue weighted by Crippen LogP contribution is -2.24. The van der Waals surface area contributed by atoms with E-state index in [1.165, 1.54) is 37.0 Å². The van der Waals surface area contributed by atoms with Crippen LogP contribution in [0.2, 0.25) is 0 Å². The number of furan rings is 1. The molecule has 30 heavy (non-hydrogen) atoms. The van der Waals surface area contributed by atoms with Gasteiger partial charge in [0.1, 0.15) is 5.52 Å². The maximum Gasteiger partial charge on any atom is 0.338 e. The molecule has 5 aromatic rings. The van der Waals surface area contributed by atoms with Crippen molar-refractivity contribution in [2.45, 2.75) is 13.1 Å². The van der Waals surface area contributed by atoms with Gasteiger partial charge in [0.25, 0.3) is 0 Å². The maximum absolute atomic E-state index is 12.9. The molecule has 5 heterocycles. The molecule has 0 saturated heterocycles. The van der Waals surface area contributed by atoms with Crippen molar-refractivity contribution in [1.82, 2.24) is 38.5 Å². The van der Waals surface area contributed by atoms with Crippen LogP contribution in [0.3, 0.4) is 0 Å². The predicted molar refractivity (Wildman–Crippen MR) is 103 cm³/mol. The Hall–Kier alpha value is -4.42. The number of nitrogen functional groups attached to an aromatic ring is 1. The highest BCUT2D eigenvalue weighted by Gasteiger charge is 2.21. The van der Waals surface area contributed by atoms with Gasteiger partial charge in [-0.15, -0.1) is 5.10 Å². The molecule has 152 valence electrons. The average molecular weight is 409 g/mol. The molecular weight excluding hydrogens is 394 g/mol. The number of hydrogen-bond acceptors (Lipinski definition) is 8. The molecule has 0 aliphatic heterocycles. The third-order valence-corrected chi connectivity index (χ3v) is 4.75. The number of carboxylic acid groups (broad SMARTS) is 1. The summed E-state index contributed by atoms with van der Waals surface area (Å²) in [5.41, 5.74) is 7.00. The SMILES string of the molecule is Cn1c(=O)n(CCn2cc(C(=O)O)cn2)c2nc(N)n3nc(-c4ccco4)nc3c21. The topological polar surface area (TPSA) is 164 Å². The standard InChI is InChI=1S/C17H15N9O4/c1-23-11-13(25(17(23)29)5-4-24-8-9(7-19-24)15(27)28)21-16(18)26-14(11)20-12(22-26)10-3-2-6-30-10/h2-3,6-8H,4-5H2,1H3,(H2,18,21)(H,27,28). The Balaban J connectivity index is 1.61. The van der Waals surface area contributed by atoms with Crippen LogP contribution in [0.5, 0.6) is 0 Å². The fourth-order valence-corrected chi connectivity index (χ4v) is 3.30. The van der Waals surface area contributed by atoms with E-state index >= 15 is 0 Å². The van der Waals surface area contributed by atoms with Crippen LogP contribution in [0.25, 0.3) is 28.4 Å². The molecule has 0 amide bonds. The van der Waals surface area contributed by atoms with Crippen LogP contribution < -0.4 is 11.4 Å². The first kappa shape index (κ1) is 17.7. The van der Waals surface area contributed by atoms with Crippen molar-refractivity contribution in [3.05, 3.63) is 46.8 Å². The molecule has 5 rings (SSSR count). The number of aromatic nitrogens is 8. The molecule has 3 N–H and O–H groups in total. The van der Waals surface area contributed by atoms with Gasteiger partial charge in [-0.1, -0.05) is 0 Å². The van der Waals surface area contributed by atoms with E-state index in [9.17, 15) is 9.59 Å². The minimum Gasteiger partial charge on any atom is -0.478 e. The van der Waals surface area contributed by atoms with Crippen molar-refractivity contribution >= 4 is 28.7 Å². The summed E-state index contributed by atoms with van der Waals surface area (Å²) in [6.07, 6.45) is 4.16. The molecule has 0 bridgehead atoms. The van der Waals surface area contributed by atoms with Gasteiger partial charge in [0.15, 0.2) is 17.1 Å². The van der Waals surface area contributed by atoms with Crippen molar-refractivity contribution in [2.24, 2.45) is 7.05 Å². The van der Waals surface area contributed by atoms with E-state index in [-0.39, 0.29) is 30.3 Å². The number of carboxylic acids is 1. The van der Waals surface area contributed by atoms with Crippen molar-refractivity contribution in [1.29, 1.82) is 0 Å². The van der Waals surface area contributed by atoms with Gasteiger partial charge in [0.05, 0.1) is 24.6 Å². The average Bonchev–Trinajstić information content (AvgIpc) is 3.48. The van der Waals surface area contributed by atoms with E-state index in [0.29, 0.717) is 28.4 Å². The number of carbonyl (C=O) groups is 1. The third-order valence-electron chi connectivity index (χ3n) is 4.75. The molecule has 0 atom stereocenters. The molecule has 0 saturated carbocycles. The summed E-state index contributed by atoms with van der Waals surface area (Å²) in [7, 11) is 1.61. The van der Waals surface area contributed by atoms with Crippen molar-refractivity contribution in [3.63, 3.8) is 0 Å². The molecular formula is C17H15N9O4. The largest absolute Gasteiger partial charge is 0.478 e. The lowest BCUT2D eigenvalue weighted by Gasteiger charge is -2.04. The molecule has 0 spiro atoms. The zero-order chi connectivity index (χ0) is 21.0. The number of anilines is 1. The van der Waals surface area contributed by atoms with Crippen LogP contribution >= 0.6 is 0 Å². The quantitative estimate of drug-likeness (QED) is 0.413. The van der Waals surface area contributed by atoms with Crippen LogP contribution in [0.15, 0.2) is 40.0 Å². The van der Waals surface area contributed by atoms with Crippen LogP contribution in [0.1, 0.15) is 10.4 Å². The molecule has 0 aliphatic carbocycles. The van der Waals surface area contributed by atoms with Gasteiger partial charge in [0, 0.05) is 19.8 Å². The summed E-state index contributed by atoms with van der Waals surface area (Å²) in [5, 5.41) is 17.3. The van der Waals surface area contributed by atoms with Gasteiger partial charge in [0.2, 0.25) is 11.8 Å². The first-order chi connectivity index (χ1) is 14.4. The number of aryl methyl sites for hydroxylation is 3. The summed E-state index contributed by atoms with van der Waals surface area (Å²) in [5.74, 6) is -0.225. The van der Waals surface area contributed by atoms with E-state index in [0.717, 1.165) is 0 Å².